The number of nitrogens with two attached hydrogens (primary N) is 2. The maximum Gasteiger partial charge on any atom is 0.167 e. The summed E-state index contributed by atoms with van der Waals surface area (Å²) in [6.45, 7) is 0. The average molecular weight is 571 g/mol. The normalized spacial score (nSPS) is 31.1. The van der Waals surface area contributed by atoms with Crippen LogP contribution in [0.1, 0.15) is 12.5 Å². The van der Waals surface area contributed by atoms with Crippen LogP contribution >= 0.6 is 23.2 Å². The summed E-state index contributed by atoms with van der Waals surface area (Å²) in [5, 5.41) is 39.6. The third kappa shape index (κ3) is 4.48. The number of halogens is 2. The van der Waals surface area contributed by atoms with Gasteiger partial charge in [0.1, 0.15) is 60.3 Å². The van der Waals surface area contributed by atoms with E-state index in [0.29, 0.717) is 22.3 Å². The number of fused-ring (bicyclic) bond motifs is 2. The van der Waals surface area contributed by atoms with Gasteiger partial charge in [0, 0.05) is 0 Å². The van der Waals surface area contributed by atoms with Crippen molar-refractivity contribution < 1.29 is 29.9 Å². The van der Waals surface area contributed by atoms with Crippen LogP contribution in [0, 0.1) is 0 Å². The number of ether oxygens (including phenoxy) is 2. The summed E-state index contributed by atoms with van der Waals surface area (Å²) in [6, 6.07) is 0. The lowest BCUT2D eigenvalue weighted by Crippen LogP contribution is -2.32. The average Bonchev–Trinajstić information content (AvgIpc) is 3.67. The van der Waals surface area contributed by atoms with E-state index in [9.17, 15) is 20.4 Å². The molecular formula is C20H24Cl2N10O6. The Labute approximate surface area is 223 Å². The van der Waals surface area contributed by atoms with Crippen molar-refractivity contribution >= 4 is 57.2 Å². The molecule has 0 bridgehead atoms. The molecule has 4 aromatic rings. The van der Waals surface area contributed by atoms with Crippen LogP contribution in [0.2, 0.25) is 0 Å². The van der Waals surface area contributed by atoms with Crippen LogP contribution in [0.4, 0.5) is 11.6 Å². The second-order valence-corrected chi connectivity index (χ2v) is 9.18. The summed E-state index contributed by atoms with van der Waals surface area (Å²) in [6.07, 6.45) is -1.76. The van der Waals surface area contributed by atoms with Gasteiger partial charge in [0.15, 0.2) is 35.4 Å². The van der Waals surface area contributed by atoms with E-state index in [-0.39, 0.29) is 23.4 Å². The first-order valence-electron chi connectivity index (χ1n) is 11.3. The Bertz CT molecular complexity index is 1320. The van der Waals surface area contributed by atoms with Crippen LogP contribution in [0.25, 0.3) is 22.3 Å². The fourth-order valence-corrected chi connectivity index (χ4v) is 4.80. The molecule has 2 saturated heterocycles. The molecule has 0 aliphatic carbocycles. The molecule has 0 saturated carbocycles. The summed E-state index contributed by atoms with van der Waals surface area (Å²) < 4.78 is 14.1. The molecule has 38 heavy (non-hydrogen) atoms. The van der Waals surface area contributed by atoms with E-state index in [1.54, 1.807) is 0 Å². The second-order valence-electron chi connectivity index (χ2n) is 8.57. The van der Waals surface area contributed by atoms with Crippen LogP contribution in [-0.2, 0) is 9.47 Å². The van der Waals surface area contributed by atoms with Crippen molar-refractivity contribution in [2.24, 2.45) is 0 Å². The molecule has 0 unspecified atom stereocenters. The predicted molar refractivity (Wildman–Crippen MR) is 133 cm³/mol. The Hall–Kier alpha value is -2.96. The first kappa shape index (κ1) is 26.6. The van der Waals surface area contributed by atoms with Crippen LogP contribution in [0.3, 0.4) is 0 Å². The number of alkyl halides is 2. The Kier molecular flexibility index (Phi) is 7.47. The molecule has 6 rings (SSSR count). The van der Waals surface area contributed by atoms with Gasteiger partial charge >= 0.3 is 0 Å². The number of hydrogen-bond donors (Lipinski definition) is 6. The van der Waals surface area contributed by atoms with E-state index in [0.717, 1.165) is 0 Å². The Morgan fingerprint density at radius 2 is 1.05 bits per heavy atom. The second kappa shape index (κ2) is 10.7. The molecule has 8 atom stereocenters. The standard InChI is InChI=1S/2C10H12ClN5O3/c2*11-1-4-6(17)7(18)10(19-4)16-3-15-5-8(12)13-2-14-9(5)16/h2*2-4,6-7,10,17-18H,1H2,(H2,12,13,14)/t2*4-,6-,7-,10-/m11/s1. The molecule has 8 N–H and O–H groups in total. The predicted octanol–water partition coefficient (Wildman–Crippen LogP) is -1.47. The highest BCUT2D eigenvalue weighted by atomic mass is 35.5. The molecule has 0 aromatic carbocycles. The van der Waals surface area contributed by atoms with Gasteiger partial charge in [0.2, 0.25) is 0 Å². The minimum absolute atomic E-state index is 0.0818. The van der Waals surface area contributed by atoms with Gasteiger partial charge < -0.3 is 41.4 Å². The quantitative estimate of drug-likeness (QED) is 0.153. The summed E-state index contributed by atoms with van der Waals surface area (Å²) in [7, 11) is 0. The molecule has 2 aliphatic heterocycles. The zero-order chi connectivity index (χ0) is 27.1. The molecule has 0 radical (unpaired) electrons. The molecule has 6 heterocycles. The SMILES string of the molecule is Nc1ncnc2c1ncn2[C@@H]1O[C@H](CCl)[C@@H](O)[C@H]1O.Nc1ncnc2c1ncn2[C@@H]1O[C@H](CCl)[C@@H](O)[C@H]1O. The van der Waals surface area contributed by atoms with Gasteiger partial charge in [-0.3, -0.25) is 9.13 Å². The van der Waals surface area contributed by atoms with Crippen molar-refractivity contribution in [1.82, 2.24) is 39.0 Å². The Balaban J connectivity index is 0.000000155. The Morgan fingerprint density at radius 3 is 1.39 bits per heavy atom. The van der Waals surface area contributed by atoms with Gasteiger partial charge in [-0.25, -0.2) is 29.9 Å². The van der Waals surface area contributed by atoms with Gasteiger partial charge in [-0.15, -0.1) is 23.2 Å². The van der Waals surface area contributed by atoms with Gasteiger partial charge in [-0.1, -0.05) is 0 Å². The number of imidazole rings is 2. The molecule has 204 valence electrons. The van der Waals surface area contributed by atoms with Gasteiger partial charge in [-0.05, 0) is 0 Å². The van der Waals surface area contributed by atoms with Gasteiger partial charge in [0.25, 0.3) is 0 Å². The molecular weight excluding hydrogens is 547 g/mol. The van der Waals surface area contributed by atoms with Gasteiger partial charge in [0.05, 0.1) is 24.4 Å². The molecule has 2 aliphatic rings. The minimum Gasteiger partial charge on any atom is -0.387 e. The zero-order valence-electron chi connectivity index (χ0n) is 19.4. The molecule has 0 amide bonds. The highest BCUT2D eigenvalue weighted by molar-refractivity contribution is 6.18. The van der Waals surface area contributed by atoms with Crippen molar-refractivity contribution in [2.45, 2.75) is 49.1 Å². The van der Waals surface area contributed by atoms with E-state index in [1.165, 1.54) is 34.4 Å². The summed E-state index contributed by atoms with van der Waals surface area (Å²) in [5.74, 6) is 0.646. The van der Waals surface area contributed by atoms with Crippen molar-refractivity contribution in [3.63, 3.8) is 0 Å². The van der Waals surface area contributed by atoms with E-state index in [4.69, 9.17) is 44.1 Å². The van der Waals surface area contributed by atoms with Crippen LogP contribution in [-0.4, -0.2) is 108 Å². The highest BCUT2D eigenvalue weighted by Gasteiger charge is 2.44. The monoisotopic (exact) mass is 570 g/mol. The molecule has 4 aromatic heterocycles. The smallest absolute Gasteiger partial charge is 0.167 e. The molecule has 18 heteroatoms. The van der Waals surface area contributed by atoms with Crippen molar-refractivity contribution in [2.75, 3.05) is 23.2 Å². The van der Waals surface area contributed by atoms with Crippen molar-refractivity contribution in [3.05, 3.63) is 25.3 Å². The topological polar surface area (TPSA) is 239 Å². The number of aliphatic hydroxyl groups excluding tert-OH is 4. The summed E-state index contributed by atoms with van der Waals surface area (Å²) >= 11 is 11.3. The van der Waals surface area contributed by atoms with Crippen LogP contribution < -0.4 is 11.5 Å². The number of nitrogens with zero attached hydrogens (tertiary/aromatic N) is 8. The lowest BCUT2D eigenvalue weighted by atomic mass is 10.1. The van der Waals surface area contributed by atoms with Crippen molar-refractivity contribution in [3.8, 4) is 0 Å². The fourth-order valence-electron chi connectivity index (χ4n) is 4.29. The number of nitrogen functional groups attached to an aromatic ring is 2. The number of hydrogen-bond acceptors (Lipinski definition) is 14. The van der Waals surface area contributed by atoms with E-state index >= 15 is 0 Å². The highest BCUT2D eigenvalue weighted by Crippen LogP contribution is 2.33. The molecule has 2 fully saturated rings. The van der Waals surface area contributed by atoms with Crippen LogP contribution in [0.5, 0.6) is 0 Å². The van der Waals surface area contributed by atoms with Crippen molar-refractivity contribution in [1.29, 1.82) is 0 Å². The zero-order valence-corrected chi connectivity index (χ0v) is 20.9. The largest absolute Gasteiger partial charge is 0.387 e. The third-order valence-corrected chi connectivity index (χ3v) is 6.91. The maximum absolute atomic E-state index is 10.0. The van der Waals surface area contributed by atoms with E-state index in [1.807, 2.05) is 0 Å². The fraction of sp³-hybridized carbons (Fsp3) is 0.500. The van der Waals surface area contributed by atoms with Crippen LogP contribution in [0.15, 0.2) is 25.3 Å². The lowest BCUT2D eigenvalue weighted by Gasteiger charge is -2.16. The Morgan fingerprint density at radius 1 is 0.658 bits per heavy atom. The van der Waals surface area contributed by atoms with Gasteiger partial charge in [-0.2, -0.15) is 0 Å². The molecule has 0 spiro atoms. The summed E-state index contributed by atoms with van der Waals surface area (Å²) in [5.41, 5.74) is 13.1. The van der Waals surface area contributed by atoms with E-state index < -0.39 is 49.1 Å². The lowest BCUT2D eigenvalue weighted by molar-refractivity contribution is -0.0292. The number of rotatable bonds is 4. The maximum atomic E-state index is 10.0. The minimum atomic E-state index is -1.11. The number of aromatic nitrogens is 8. The third-order valence-electron chi connectivity index (χ3n) is 6.30. The summed E-state index contributed by atoms with van der Waals surface area (Å²) in [4.78, 5) is 23.9. The van der Waals surface area contributed by atoms with E-state index in [2.05, 4.69) is 29.9 Å². The molecule has 16 nitrogen and oxygen atoms in total. The number of anilines is 2. The first-order valence-corrected chi connectivity index (χ1v) is 12.3. The first-order chi connectivity index (χ1) is 18.3. The number of aliphatic hydroxyl groups is 4.